The van der Waals surface area contributed by atoms with Gasteiger partial charge in [-0.1, -0.05) is 31.9 Å². The fourth-order valence-electron chi connectivity index (χ4n) is 2.38. The molecule has 118 valence electrons. The summed E-state index contributed by atoms with van der Waals surface area (Å²) in [6.45, 7) is 6.90. The summed E-state index contributed by atoms with van der Waals surface area (Å²) < 4.78 is 11.3. The van der Waals surface area contributed by atoms with Crippen LogP contribution in [0.2, 0.25) is 5.02 Å². The summed E-state index contributed by atoms with van der Waals surface area (Å²) in [6, 6.07) is 3.98. The third-order valence-corrected chi connectivity index (χ3v) is 4.14. The predicted molar refractivity (Wildman–Crippen MR) is 87.4 cm³/mol. The maximum absolute atomic E-state index is 6.37. The molecule has 4 heteroatoms. The average molecular weight is 312 g/mol. The van der Waals surface area contributed by atoms with Crippen molar-refractivity contribution in [2.24, 2.45) is 11.8 Å². The van der Waals surface area contributed by atoms with Gasteiger partial charge in [0.25, 0.3) is 0 Å². The van der Waals surface area contributed by atoms with Gasteiger partial charge >= 0.3 is 0 Å². The summed E-state index contributed by atoms with van der Waals surface area (Å²) in [4.78, 5) is 0. The van der Waals surface area contributed by atoms with E-state index in [1.807, 2.05) is 12.1 Å². The Morgan fingerprint density at radius 2 is 2.10 bits per heavy atom. The normalized spacial score (nSPS) is 15.1. The molecule has 1 aromatic carbocycles. The number of nitrogens with one attached hydrogen (secondary N) is 1. The average Bonchev–Trinajstić information content (AvgIpc) is 2.38. The molecule has 0 atom stereocenters. The molecular weight excluding hydrogens is 286 g/mol. The van der Waals surface area contributed by atoms with Crippen LogP contribution in [0.5, 0.6) is 11.5 Å². The fourth-order valence-corrected chi connectivity index (χ4v) is 2.67. The summed E-state index contributed by atoms with van der Waals surface area (Å²) in [5, 5.41) is 4.05. The Bertz CT molecular complexity index is 458. The minimum Gasteiger partial charge on any atom is -0.493 e. The predicted octanol–water partition coefficient (Wildman–Crippen LogP) is 4.27. The molecule has 0 aromatic heterocycles. The molecule has 0 bridgehead atoms. The minimum absolute atomic E-state index is 0.632. The monoisotopic (exact) mass is 311 g/mol. The van der Waals surface area contributed by atoms with Crippen molar-refractivity contribution in [3.63, 3.8) is 0 Å². The van der Waals surface area contributed by atoms with E-state index in [1.165, 1.54) is 19.3 Å². The lowest BCUT2D eigenvalue weighted by atomic mass is 9.86. The second-order valence-electron chi connectivity index (χ2n) is 6.24. The van der Waals surface area contributed by atoms with Crippen molar-refractivity contribution in [1.82, 2.24) is 5.32 Å². The van der Waals surface area contributed by atoms with Gasteiger partial charge in [0.2, 0.25) is 0 Å². The van der Waals surface area contributed by atoms with E-state index in [2.05, 4.69) is 19.2 Å². The number of hydrogen-bond donors (Lipinski definition) is 1. The molecule has 0 saturated heterocycles. The molecule has 1 fully saturated rings. The molecule has 0 amide bonds. The first-order valence-electron chi connectivity index (χ1n) is 7.80. The standard InChI is InChI=1S/C17H26ClNO2/c1-12(2)9-19-10-14-7-15(18)17(16(8-14)20-3)21-11-13-5-4-6-13/h7-8,12-13,19H,4-6,9-11H2,1-3H3. The van der Waals surface area contributed by atoms with Gasteiger partial charge in [0.05, 0.1) is 18.7 Å². The number of methoxy groups -OCH3 is 1. The number of rotatable bonds is 8. The van der Waals surface area contributed by atoms with Gasteiger partial charge in [0.15, 0.2) is 11.5 Å². The molecule has 1 aliphatic rings. The van der Waals surface area contributed by atoms with Crippen LogP contribution in [0.4, 0.5) is 0 Å². The van der Waals surface area contributed by atoms with Crippen molar-refractivity contribution in [3.05, 3.63) is 22.7 Å². The third kappa shape index (κ3) is 4.79. The number of hydrogen-bond acceptors (Lipinski definition) is 3. The number of ether oxygens (including phenoxy) is 2. The summed E-state index contributed by atoms with van der Waals surface area (Å²) in [6.07, 6.45) is 3.84. The van der Waals surface area contributed by atoms with Gasteiger partial charge in [-0.15, -0.1) is 0 Å². The molecule has 1 N–H and O–H groups in total. The second kappa shape index (κ2) is 7.90. The molecular formula is C17H26ClNO2. The summed E-state index contributed by atoms with van der Waals surface area (Å²) >= 11 is 6.37. The highest BCUT2D eigenvalue weighted by Crippen LogP contribution is 2.38. The van der Waals surface area contributed by atoms with Crippen LogP contribution < -0.4 is 14.8 Å². The smallest absolute Gasteiger partial charge is 0.179 e. The lowest BCUT2D eigenvalue weighted by Crippen LogP contribution is -2.20. The van der Waals surface area contributed by atoms with E-state index in [0.717, 1.165) is 31.0 Å². The van der Waals surface area contributed by atoms with Gasteiger partial charge in [-0.25, -0.2) is 0 Å². The molecule has 0 spiro atoms. The summed E-state index contributed by atoms with van der Waals surface area (Å²) in [5.41, 5.74) is 1.12. The van der Waals surface area contributed by atoms with Gasteiger partial charge < -0.3 is 14.8 Å². The number of halogens is 1. The highest BCUT2D eigenvalue weighted by Gasteiger charge is 2.20. The first-order chi connectivity index (χ1) is 10.1. The molecule has 1 aliphatic carbocycles. The van der Waals surface area contributed by atoms with Crippen LogP contribution in [0, 0.1) is 11.8 Å². The van der Waals surface area contributed by atoms with E-state index in [0.29, 0.717) is 22.6 Å². The summed E-state index contributed by atoms with van der Waals surface area (Å²) in [7, 11) is 1.66. The van der Waals surface area contributed by atoms with Crippen LogP contribution in [0.1, 0.15) is 38.7 Å². The zero-order chi connectivity index (χ0) is 15.2. The second-order valence-corrected chi connectivity index (χ2v) is 6.65. The molecule has 1 aromatic rings. The first kappa shape index (κ1) is 16.4. The van der Waals surface area contributed by atoms with Crippen molar-refractivity contribution in [1.29, 1.82) is 0 Å². The Morgan fingerprint density at radius 3 is 2.67 bits per heavy atom. The SMILES string of the molecule is COc1cc(CNCC(C)C)cc(Cl)c1OCC1CCC1. The van der Waals surface area contributed by atoms with Crippen LogP contribution in [0.15, 0.2) is 12.1 Å². The lowest BCUT2D eigenvalue weighted by Gasteiger charge is -2.26. The Hall–Kier alpha value is -0.930. The third-order valence-electron chi connectivity index (χ3n) is 3.86. The van der Waals surface area contributed by atoms with Crippen molar-refractivity contribution >= 4 is 11.6 Å². The molecule has 0 heterocycles. The first-order valence-corrected chi connectivity index (χ1v) is 8.18. The molecule has 1 saturated carbocycles. The topological polar surface area (TPSA) is 30.5 Å². The van der Waals surface area contributed by atoms with E-state index in [4.69, 9.17) is 21.1 Å². The fraction of sp³-hybridized carbons (Fsp3) is 0.647. The van der Waals surface area contributed by atoms with Crippen molar-refractivity contribution < 1.29 is 9.47 Å². The lowest BCUT2D eigenvalue weighted by molar-refractivity contribution is 0.176. The largest absolute Gasteiger partial charge is 0.493 e. The Morgan fingerprint density at radius 1 is 1.33 bits per heavy atom. The Kier molecular flexibility index (Phi) is 6.19. The molecule has 0 unspecified atom stereocenters. The van der Waals surface area contributed by atoms with Crippen molar-refractivity contribution in [2.75, 3.05) is 20.3 Å². The van der Waals surface area contributed by atoms with Crippen LogP contribution in [-0.2, 0) is 6.54 Å². The van der Waals surface area contributed by atoms with E-state index in [9.17, 15) is 0 Å². The highest BCUT2D eigenvalue weighted by atomic mass is 35.5. The van der Waals surface area contributed by atoms with Crippen LogP contribution in [-0.4, -0.2) is 20.3 Å². The van der Waals surface area contributed by atoms with Crippen molar-refractivity contribution in [2.45, 2.75) is 39.7 Å². The summed E-state index contributed by atoms with van der Waals surface area (Å²) in [5.74, 6) is 2.72. The van der Waals surface area contributed by atoms with E-state index < -0.39 is 0 Å². The van der Waals surface area contributed by atoms with Gasteiger partial charge in [-0.2, -0.15) is 0 Å². The maximum atomic E-state index is 6.37. The van der Waals surface area contributed by atoms with E-state index in [-0.39, 0.29) is 0 Å². The molecule has 2 rings (SSSR count). The van der Waals surface area contributed by atoms with E-state index in [1.54, 1.807) is 7.11 Å². The van der Waals surface area contributed by atoms with Crippen LogP contribution in [0.3, 0.4) is 0 Å². The van der Waals surface area contributed by atoms with E-state index >= 15 is 0 Å². The Balaban J connectivity index is 1.99. The quantitative estimate of drug-likeness (QED) is 0.777. The van der Waals surface area contributed by atoms with Gasteiger partial charge in [0, 0.05) is 6.54 Å². The van der Waals surface area contributed by atoms with Crippen molar-refractivity contribution in [3.8, 4) is 11.5 Å². The van der Waals surface area contributed by atoms with Crippen LogP contribution in [0.25, 0.3) is 0 Å². The highest BCUT2D eigenvalue weighted by molar-refractivity contribution is 6.32. The number of benzene rings is 1. The molecule has 3 nitrogen and oxygen atoms in total. The Labute approximate surface area is 133 Å². The zero-order valence-electron chi connectivity index (χ0n) is 13.2. The van der Waals surface area contributed by atoms with Gasteiger partial charge in [-0.3, -0.25) is 0 Å². The van der Waals surface area contributed by atoms with Crippen LogP contribution >= 0.6 is 11.6 Å². The molecule has 0 aliphatic heterocycles. The van der Waals surface area contributed by atoms with Gasteiger partial charge in [-0.05, 0) is 48.9 Å². The molecule has 0 radical (unpaired) electrons. The maximum Gasteiger partial charge on any atom is 0.179 e. The van der Waals surface area contributed by atoms with Gasteiger partial charge in [0.1, 0.15) is 0 Å². The zero-order valence-corrected chi connectivity index (χ0v) is 14.0. The minimum atomic E-state index is 0.632. The molecule has 21 heavy (non-hydrogen) atoms.